The fraction of sp³-hybridized carbons (Fsp3) is 0.588. The molecule has 0 aromatic heterocycles. The predicted molar refractivity (Wildman–Crippen MR) is 100 cm³/mol. The molecule has 136 valence electrons. The molecule has 0 radical (unpaired) electrons. The van der Waals surface area contributed by atoms with Gasteiger partial charge < -0.3 is 19.3 Å². The van der Waals surface area contributed by atoms with Crippen molar-refractivity contribution >= 4 is 32.9 Å². The number of fused-ring (bicyclic) bond motifs is 2. The van der Waals surface area contributed by atoms with Crippen molar-refractivity contribution < 1.29 is 17.9 Å². The first-order chi connectivity index (χ1) is 11.9. The van der Waals surface area contributed by atoms with Crippen LogP contribution in [0.5, 0.6) is 11.5 Å². The molecule has 2 atom stereocenters. The van der Waals surface area contributed by atoms with Gasteiger partial charge in [0.2, 0.25) is 0 Å². The zero-order valence-corrected chi connectivity index (χ0v) is 16.0. The Labute approximate surface area is 153 Å². The minimum atomic E-state index is -3.05. The number of benzene rings is 1. The molecule has 3 aliphatic heterocycles. The second kappa shape index (κ2) is 6.02. The van der Waals surface area contributed by atoms with Gasteiger partial charge >= 0.3 is 0 Å². The molecule has 2 fully saturated rings. The van der Waals surface area contributed by atoms with Gasteiger partial charge in [-0.2, -0.15) is 0 Å². The number of ether oxygens (including phenoxy) is 2. The highest BCUT2D eigenvalue weighted by Crippen LogP contribution is 2.40. The van der Waals surface area contributed by atoms with Gasteiger partial charge in [0.1, 0.15) is 13.2 Å². The molecule has 3 aliphatic rings. The Morgan fingerprint density at radius 3 is 2.56 bits per heavy atom. The minimum Gasteiger partial charge on any atom is -0.486 e. The van der Waals surface area contributed by atoms with Crippen LogP contribution in [0.3, 0.4) is 0 Å². The van der Waals surface area contributed by atoms with E-state index in [1.54, 1.807) is 0 Å². The van der Waals surface area contributed by atoms with Crippen LogP contribution >= 0.6 is 12.2 Å². The van der Waals surface area contributed by atoms with Gasteiger partial charge in [0.15, 0.2) is 26.4 Å². The molecule has 3 heterocycles. The molecule has 4 rings (SSSR count). The summed E-state index contributed by atoms with van der Waals surface area (Å²) in [5.74, 6) is 2.12. The van der Waals surface area contributed by atoms with Crippen LogP contribution < -0.4 is 14.4 Å². The molecule has 0 spiro atoms. The lowest BCUT2D eigenvalue weighted by Crippen LogP contribution is -2.39. The third-order valence-electron chi connectivity index (χ3n) is 4.84. The van der Waals surface area contributed by atoms with Gasteiger partial charge in [-0.05, 0) is 30.3 Å². The van der Waals surface area contributed by atoms with Crippen molar-refractivity contribution in [2.24, 2.45) is 5.92 Å². The van der Waals surface area contributed by atoms with E-state index in [1.807, 2.05) is 23.1 Å². The number of hydrogen-bond donors (Lipinski definition) is 0. The van der Waals surface area contributed by atoms with Crippen LogP contribution in [0.15, 0.2) is 18.2 Å². The van der Waals surface area contributed by atoms with E-state index in [9.17, 15) is 8.42 Å². The van der Waals surface area contributed by atoms with Gasteiger partial charge in [0.25, 0.3) is 0 Å². The summed E-state index contributed by atoms with van der Waals surface area (Å²) in [7, 11) is -3.05. The number of sulfone groups is 1. The van der Waals surface area contributed by atoms with E-state index in [2.05, 4.69) is 18.7 Å². The Balaban J connectivity index is 1.71. The third kappa shape index (κ3) is 2.95. The maximum absolute atomic E-state index is 12.3. The summed E-state index contributed by atoms with van der Waals surface area (Å²) in [6.45, 7) is 6.05. The van der Waals surface area contributed by atoms with Gasteiger partial charge in [-0.3, -0.25) is 0 Å². The Morgan fingerprint density at radius 2 is 1.84 bits per heavy atom. The summed E-state index contributed by atoms with van der Waals surface area (Å²) < 4.78 is 35.8. The summed E-state index contributed by atoms with van der Waals surface area (Å²) in [5.41, 5.74) is 0.868. The Hall–Kier alpha value is -1.54. The topological polar surface area (TPSA) is 59.1 Å². The predicted octanol–water partition coefficient (Wildman–Crippen LogP) is 1.69. The highest BCUT2D eigenvalue weighted by molar-refractivity contribution is 7.91. The molecule has 0 bridgehead atoms. The van der Waals surface area contributed by atoms with Crippen molar-refractivity contribution in [1.82, 2.24) is 4.90 Å². The first-order valence-electron chi connectivity index (χ1n) is 8.55. The van der Waals surface area contributed by atoms with E-state index in [0.29, 0.717) is 30.0 Å². The number of rotatable bonds is 3. The number of anilines is 1. The van der Waals surface area contributed by atoms with E-state index in [-0.39, 0.29) is 23.6 Å². The Morgan fingerprint density at radius 1 is 1.16 bits per heavy atom. The van der Waals surface area contributed by atoms with Crippen LogP contribution in [0.4, 0.5) is 5.69 Å². The van der Waals surface area contributed by atoms with Gasteiger partial charge in [-0.25, -0.2) is 8.42 Å². The highest BCUT2D eigenvalue weighted by atomic mass is 32.2. The Bertz CT molecular complexity index is 809. The maximum atomic E-state index is 12.3. The first kappa shape index (κ1) is 16.9. The average Bonchev–Trinajstić information content (AvgIpc) is 2.98. The van der Waals surface area contributed by atoms with Gasteiger partial charge in [-0.1, -0.05) is 13.8 Å². The summed E-state index contributed by atoms with van der Waals surface area (Å²) in [4.78, 5) is 4.08. The lowest BCUT2D eigenvalue weighted by Gasteiger charge is -2.28. The van der Waals surface area contributed by atoms with Gasteiger partial charge in [-0.15, -0.1) is 0 Å². The highest BCUT2D eigenvalue weighted by Gasteiger charge is 2.52. The average molecular weight is 383 g/mol. The van der Waals surface area contributed by atoms with Crippen molar-refractivity contribution in [3.8, 4) is 11.5 Å². The van der Waals surface area contributed by atoms with E-state index < -0.39 is 9.84 Å². The zero-order valence-electron chi connectivity index (χ0n) is 14.3. The molecular weight excluding hydrogens is 360 g/mol. The molecule has 1 aromatic rings. The SMILES string of the molecule is CC(C)CN1C(=S)N(c2ccc3c(c2)OCCO3)[C@@H]2CS(=O)(=O)C[C@H]21. The number of thiocarbonyl (C=S) groups is 1. The molecule has 0 aliphatic carbocycles. The maximum Gasteiger partial charge on any atom is 0.176 e. The van der Waals surface area contributed by atoms with Crippen LogP contribution in [-0.2, 0) is 9.84 Å². The molecule has 0 N–H and O–H groups in total. The molecule has 25 heavy (non-hydrogen) atoms. The van der Waals surface area contributed by atoms with E-state index in [0.717, 1.165) is 18.0 Å². The smallest absolute Gasteiger partial charge is 0.176 e. The standard InChI is InChI=1S/C17H22N2O4S2/c1-11(2)8-18-13-9-25(20,21)10-14(13)19(17(18)24)12-3-4-15-16(7-12)23-6-5-22-15/h3-4,7,11,13-14H,5-6,8-10H2,1-2H3/t13-,14-/m1/s1. The van der Waals surface area contributed by atoms with Gasteiger partial charge in [0, 0.05) is 18.3 Å². The van der Waals surface area contributed by atoms with Crippen molar-refractivity contribution in [1.29, 1.82) is 0 Å². The number of hydrogen-bond acceptors (Lipinski definition) is 5. The summed E-state index contributed by atoms with van der Waals surface area (Å²) in [6, 6.07) is 5.49. The van der Waals surface area contributed by atoms with E-state index >= 15 is 0 Å². The summed E-state index contributed by atoms with van der Waals surface area (Å²) in [6.07, 6.45) is 0. The third-order valence-corrected chi connectivity index (χ3v) is 6.97. The molecule has 8 heteroatoms. The molecule has 1 aromatic carbocycles. The van der Waals surface area contributed by atoms with Crippen LogP contribution in [0, 0.1) is 5.92 Å². The molecule has 2 saturated heterocycles. The van der Waals surface area contributed by atoms with Crippen LogP contribution in [-0.4, -0.2) is 61.8 Å². The molecule has 6 nitrogen and oxygen atoms in total. The van der Waals surface area contributed by atoms with Crippen molar-refractivity contribution in [2.45, 2.75) is 25.9 Å². The summed E-state index contributed by atoms with van der Waals surface area (Å²) in [5, 5.41) is 0.704. The fourth-order valence-electron chi connectivity index (χ4n) is 3.87. The molecular formula is C17H22N2O4S2. The zero-order chi connectivity index (χ0) is 17.8. The number of nitrogens with zero attached hydrogens (tertiary/aromatic N) is 2. The van der Waals surface area contributed by atoms with Crippen molar-refractivity contribution in [3.05, 3.63) is 18.2 Å². The molecule has 0 amide bonds. The molecule has 0 unspecified atom stereocenters. The van der Waals surface area contributed by atoms with Gasteiger partial charge in [0.05, 0.1) is 23.6 Å². The van der Waals surface area contributed by atoms with E-state index in [1.165, 1.54) is 0 Å². The lowest BCUT2D eigenvalue weighted by atomic mass is 10.1. The van der Waals surface area contributed by atoms with Crippen molar-refractivity contribution in [2.75, 3.05) is 36.2 Å². The van der Waals surface area contributed by atoms with Crippen LogP contribution in [0.2, 0.25) is 0 Å². The monoisotopic (exact) mass is 382 g/mol. The minimum absolute atomic E-state index is 0.0758. The molecule has 0 saturated carbocycles. The van der Waals surface area contributed by atoms with E-state index in [4.69, 9.17) is 21.7 Å². The van der Waals surface area contributed by atoms with Crippen LogP contribution in [0.1, 0.15) is 13.8 Å². The van der Waals surface area contributed by atoms with Crippen molar-refractivity contribution in [3.63, 3.8) is 0 Å². The van der Waals surface area contributed by atoms with Crippen LogP contribution in [0.25, 0.3) is 0 Å². The Kier molecular flexibility index (Phi) is 4.07. The largest absolute Gasteiger partial charge is 0.486 e. The second-order valence-corrected chi connectivity index (χ2v) is 9.76. The summed E-state index contributed by atoms with van der Waals surface area (Å²) >= 11 is 5.73. The second-order valence-electron chi connectivity index (χ2n) is 7.24. The normalized spacial score (nSPS) is 27.1. The lowest BCUT2D eigenvalue weighted by molar-refractivity contribution is 0.171. The first-order valence-corrected chi connectivity index (χ1v) is 10.8. The quantitative estimate of drug-likeness (QED) is 0.737. The fourth-order valence-corrected chi connectivity index (χ4v) is 6.27.